The zero-order valence-corrected chi connectivity index (χ0v) is 9.93. The van der Waals surface area contributed by atoms with Gasteiger partial charge in [-0.15, -0.1) is 5.10 Å². The summed E-state index contributed by atoms with van der Waals surface area (Å²) < 4.78 is 1.85. The Morgan fingerprint density at radius 2 is 2.38 bits per heavy atom. The molecule has 0 spiro atoms. The molecule has 0 amide bonds. The molecule has 5 heteroatoms. The van der Waals surface area contributed by atoms with Crippen molar-refractivity contribution in [2.24, 2.45) is 5.73 Å². The molecule has 2 rings (SSSR count). The number of aliphatic hydroxyl groups is 1. The van der Waals surface area contributed by atoms with Gasteiger partial charge in [0.05, 0.1) is 12.2 Å². The Bertz CT molecular complexity index is 361. The van der Waals surface area contributed by atoms with Crippen molar-refractivity contribution < 1.29 is 5.11 Å². The number of nitrogens with zero attached hydrogens (tertiary/aromatic N) is 3. The second-order valence-corrected chi connectivity index (χ2v) is 4.94. The van der Waals surface area contributed by atoms with E-state index < -0.39 is 5.60 Å². The minimum Gasteiger partial charge on any atom is -0.384 e. The summed E-state index contributed by atoms with van der Waals surface area (Å²) in [5.74, 6) is 0. The highest BCUT2D eigenvalue weighted by molar-refractivity contribution is 5.05. The van der Waals surface area contributed by atoms with E-state index in [9.17, 15) is 5.11 Å². The Balaban J connectivity index is 2.14. The van der Waals surface area contributed by atoms with E-state index in [0.717, 1.165) is 19.3 Å². The van der Waals surface area contributed by atoms with Gasteiger partial charge in [0.15, 0.2) is 0 Å². The molecule has 90 valence electrons. The first-order valence-corrected chi connectivity index (χ1v) is 5.93. The third-order valence-electron chi connectivity index (χ3n) is 3.57. The predicted molar refractivity (Wildman–Crippen MR) is 60.7 cm³/mol. The van der Waals surface area contributed by atoms with Gasteiger partial charge in [0.2, 0.25) is 0 Å². The standard InChI is InChI=1S/C11H20N4O/c1-3-11(2,16)10-7-15(14-13-10)9-5-4-8(12)6-9/h7-9,16H,3-6,12H2,1-2H3/t8-,9+,11?/m0/s1. The maximum Gasteiger partial charge on any atom is 0.114 e. The number of hydrogen-bond acceptors (Lipinski definition) is 4. The SMILES string of the molecule is CCC(C)(O)c1cn([C@@H]2CC[C@H](N)C2)nn1. The van der Waals surface area contributed by atoms with E-state index in [-0.39, 0.29) is 6.04 Å². The van der Waals surface area contributed by atoms with E-state index in [4.69, 9.17) is 5.73 Å². The summed E-state index contributed by atoms with van der Waals surface area (Å²) in [6.07, 6.45) is 5.54. The molecule has 0 aliphatic heterocycles. The van der Waals surface area contributed by atoms with E-state index in [1.54, 1.807) is 6.92 Å². The van der Waals surface area contributed by atoms with Gasteiger partial charge in [0.25, 0.3) is 0 Å². The van der Waals surface area contributed by atoms with Crippen LogP contribution in [0.1, 0.15) is 51.3 Å². The molecule has 0 aromatic carbocycles. The largest absolute Gasteiger partial charge is 0.384 e. The molecule has 1 unspecified atom stereocenters. The summed E-state index contributed by atoms with van der Waals surface area (Å²) in [6.45, 7) is 3.70. The van der Waals surface area contributed by atoms with Crippen LogP contribution in [-0.2, 0) is 5.60 Å². The normalized spacial score (nSPS) is 29.2. The van der Waals surface area contributed by atoms with Crippen molar-refractivity contribution in [1.29, 1.82) is 0 Å². The van der Waals surface area contributed by atoms with Gasteiger partial charge in [-0.1, -0.05) is 12.1 Å². The van der Waals surface area contributed by atoms with Crippen molar-refractivity contribution in [3.05, 3.63) is 11.9 Å². The van der Waals surface area contributed by atoms with Crippen LogP contribution in [-0.4, -0.2) is 26.1 Å². The zero-order chi connectivity index (χ0) is 11.8. The lowest BCUT2D eigenvalue weighted by molar-refractivity contribution is 0.0484. The van der Waals surface area contributed by atoms with Crippen LogP contribution >= 0.6 is 0 Å². The van der Waals surface area contributed by atoms with Crippen molar-refractivity contribution in [1.82, 2.24) is 15.0 Å². The maximum atomic E-state index is 10.1. The van der Waals surface area contributed by atoms with Crippen LogP contribution in [0.2, 0.25) is 0 Å². The quantitative estimate of drug-likeness (QED) is 0.801. The van der Waals surface area contributed by atoms with Gasteiger partial charge in [-0.2, -0.15) is 0 Å². The van der Waals surface area contributed by atoms with Crippen LogP contribution in [0.3, 0.4) is 0 Å². The van der Waals surface area contributed by atoms with E-state index in [1.807, 2.05) is 17.8 Å². The maximum absolute atomic E-state index is 10.1. The first-order valence-electron chi connectivity index (χ1n) is 5.93. The van der Waals surface area contributed by atoms with Gasteiger partial charge in [-0.05, 0) is 32.6 Å². The molecule has 1 heterocycles. The average Bonchev–Trinajstić information content (AvgIpc) is 2.85. The van der Waals surface area contributed by atoms with Crippen LogP contribution in [0.25, 0.3) is 0 Å². The highest BCUT2D eigenvalue weighted by Gasteiger charge is 2.28. The first-order chi connectivity index (χ1) is 7.53. The topological polar surface area (TPSA) is 77.0 Å². The molecule has 1 aliphatic rings. The van der Waals surface area contributed by atoms with Crippen molar-refractivity contribution in [3.63, 3.8) is 0 Å². The summed E-state index contributed by atoms with van der Waals surface area (Å²) in [4.78, 5) is 0. The molecule has 16 heavy (non-hydrogen) atoms. The molecule has 0 bridgehead atoms. The van der Waals surface area contributed by atoms with Gasteiger partial charge in [0, 0.05) is 6.04 Å². The highest BCUT2D eigenvalue weighted by Crippen LogP contribution is 2.29. The Kier molecular flexibility index (Phi) is 2.99. The molecule has 1 fully saturated rings. The third-order valence-corrected chi connectivity index (χ3v) is 3.57. The van der Waals surface area contributed by atoms with Gasteiger partial charge in [0.1, 0.15) is 11.3 Å². The lowest BCUT2D eigenvalue weighted by atomic mass is 10.0. The fraction of sp³-hybridized carbons (Fsp3) is 0.818. The summed E-state index contributed by atoms with van der Waals surface area (Å²) in [7, 11) is 0. The van der Waals surface area contributed by atoms with Gasteiger partial charge >= 0.3 is 0 Å². The van der Waals surface area contributed by atoms with Crippen molar-refractivity contribution in [2.45, 2.75) is 57.2 Å². The smallest absolute Gasteiger partial charge is 0.114 e. The van der Waals surface area contributed by atoms with Crippen LogP contribution < -0.4 is 5.73 Å². The molecule has 1 aliphatic carbocycles. The van der Waals surface area contributed by atoms with Crippen molar-refractivity contribution >= 4 is 0 Å². The Labute approximate surface area is 95.6 Å². The molecule has 3 atom stereocenters. The lowest BCUT2D eigenvalue weighted by Crippen LogP contribution is -2.20. The molecule has 0 saturated heterocycles. The fourth-order valence-electron chi connectivity index (χ4n) is 2.11. The Hall–Kier alpha value is -0.940. The van der Waals surface area contributed by atoms with Crippen molar-refractivity contribution in [3.8, 4) is 0 Å². The summed E-state index contributed by atoms with van der Waals surface area (Å²) in [5.41, 5.74) is 5.64. The molecule has 0 radical (unpaired) electrons. The molecule has 1 aromatic heterocycles. The molecular weight excluding hydrogens is 204 g/mol. The third kappa shape index (κ3) is 2.10. The Morgan fingerprint density at radius 1 is 1.62 bits per heavy atom. The number of hydrogen-bond donors (Lipinski definition) is 2. The van der Waals surface area contributed by atoms with Gasteiger partial charge in [-0.3, -0.25) is 0 Å². The van der Waals surface area contributed by atoms with E-state index >= 15 is 0 Å². The van der Waals surface area contributed by atoms with Crippen molar-refractivity contribution in [2.75, 3.05) is 0 Å². The van der Waals surface area contributed by atoms with Crippen LogP contribution in [0.4, 0.5) is 0 Å². The van der Waals surface area contributed by atoms with Crippen LogP contribution in [0.15, 0.2) is 6.20 Å². The molecular formula is C11H20N4O. The van der Waals surface area contributed by atoms with Gasteiger partial charge < -0.3 is 10.8 Å². The monoisotopic (exact) mass is 224 g/mol. The molecule has 3 N–H and O–H groups in total. The molecule has 1 saturated carbocycles. The van der Waals surface area contributed by atoms with Crippen LogP contribution in [0.5, 0.6) is 0 Å². The minimum atomic E-state index is -0.876. The van der Waals surface area contributed by atoms with E-state index in [1.165, 1.54) is 0 Å². The second-order valence-electron chi connectivity index (χ2n) is 4.94. The lowest BCUT2D eigenvalue weighted by Gasteiger charge is -2.17. The number of aromatic nitrogens is 3. The average molecular weight is 224 g/mol. The molecule has 1 aromatic rings. The molecule has 5 nitrogen and oxygen atoms in total. The fourth-order valence-corrected chi connectivity index (χ4v) is 2.11. The predicted octanol–water partition coefficient (Wildman–Crippen LogP) is 0.948. The highest BCUT2D eigenvalue weighted by atomic mass is 16.3. The van der Waals surface area contributed by atoms with Crippen LogP contribution in [0, 0.1) is 0 Å². The van der Waals surface area contributed by atoms with Gasteiger partial charge in [-0.25, -0.2) is 4.68 Å². The zero-order valence-electron chi connectivity index (χ0n) is 9.93. The minimum absolute atomic E-state index is 0.282. The summed E-state index contributed by atoms with van der Waals surface area (Å²) in [6, 6.07) is 0.633. The summed E-state index contributed by atoms with van der Waals surface area (Å²) >= 11 is 0. The second kappa shape index (κ2) is 4.14. The Morgan fingerprint density at radius 3 is 2.94 bits per heavy atom. The first kappa shape index (κ1) is 11.5. The number of rotatable bonds is 3. The number of nitrogens with two attached hydrogens (primary N) is 1. The van der Waals surface area contributed by atoms with E-state index in [0.29, 0.717) is 18.2 Å². The van der Waals surface area contributed by atoms with E-state index in [2.05, 4.69) is 10.3 Å². The summed E-state index contributed by atoms with van der Waals surface area (Å²) in [5, 5.41) is 18.2.